The van der Waals surface area contributed by atoms with Gasteiger partial charge in [-0.15, -0.1) is 0 Å². The van der Waals surface area contributed by atoms with Crippen molar-refractivity contribution in [3.05, 3.63) is 23.8 Å². The summed E-state index contributed by atoms with van der Waals surface area (Å²) in [6.07, 6.45) is 4.25. The SMILES string of the molecule is CCn1cc(S(=O)(=O)N2CCC[C@@H](C(=O)Nc3cn(CC)nc3C(=O)NC)C2)c(C)n1. The smallest absolute Gasteiger partial charge is 0.273 e. The van der Waals surface area contributed by atoms with Gasteiger partial charge in [0, 0.05) is 45.6 Å². The third-order valence-corrected chi connectivity index (χ3v) is 7.35. The van der Waals surface area contributed by atoms with Gasteiger partial charge in [-0.05, 0) is 33.6 Å². The lowest BCUT2D eigenvalue weighted by Crippen LogP contribution is -2.43. The molecule has 2 aromatic heterocycles. The Morgan fingerprint density at radius 2 is 1.84 bits per heavy atom. The zero-order valence-electron chi connectivity index (χ0n) is 18.3. The number of amides is 2. The van der Waals surface area contributed by atoms with E-state index in [1.807, 2.05) is 13.8 Å². The lowest BCUT2D eigenvalue weighted by molar-refractivity contribution is -0.120. The molecule has 12 heteroatoms. The summed E-state index contributed by atoms with van der Waals surface area (Å²) in [5.74, 6) is -1.27. The average molecular weight is 452 g/mol. The zero-order chi connectivity index (χ0) is 22.8. The summed E-state index contributed by atoms with van der Waals surface area (Å²) < 4.78 is 30.8. The van der Waals surface area contributed by atoms with Crippen molar-refractivity contribution < 1.29 is 18.0 Å². The van der Waals surface area contributed by atoms with Crippen molar-refractivity contribution in [2.45, 2.75) is 51.6 Å². The highest BCUT2D eigenvalue weighted by Gasteiger charge is 2.35. The van der Waals surface area contributed by atoms with E-state index in [0.717, 1.165) is 0 Å². The molecule has 0 spiro atoms. The number of nitrogens with zero attached hydrogens (tertiary/aromatic N) is 5. The molecule has 1 atom stereocenters. The predicted molar refractivity (Wildman–Crippen MR) is 114 cm³/mol. The second kappa shape index (κ2) is 9.18. The van der Waals surface area contributed by atoms with E-state index in [0.29, 0.717) is 43.9 Å². The van der Waals surface area contributed by atoms with Crippen LogP contribution >= 0.6 is 0 Å². The Morgan fingerprint density at radius 1 is 1.16 bits per heavy atom. The molecule has 1 aliphatic heterocycles. The van der Waals surface area contributed by atoms with Crippen LogP contribution in [0.25, 0.3) is 0 Å². The van der Waals surface area contributed by atoms with Gasteiger partial charge in [0.25, 0.3) is 5.91 Å². The molecular formula is C19H29N7O4S. The first-order chi connectivity index (χ1) is 14.7. The number of carbonyl (C=O) groups excluding carboxylic acids is 2. The molecule has 0 unspecified atom stereocenters. The normalized spacial score (nSPS) is 17.5. The molecule has 11 nitrogen and oxygen atoms in total. The van der Waals surface area contributed by atoms with Crippen molar-refractivity contribution in [1.82, 2.24) is 29.2 Å². The van der Waals surface area contributed by atoms with Crippen LogP contribution in [0.4, 0.5) is 5.69 Å². The first kappa shape index (κ1) is 22.9. The Hall–Kier alpha value is -2.73. The highest BCUT2D eigenvalue weighted by molar-refractivity contribution is 7.89. The van der Waals surface area contributed by atoms with Gasteiger partial charge in [-0.25, -0.2) is 8.42 Å². The van der Waals surface area contributed by atoms with Gasteiger partial charge in [-0.1, -0.05) is 0 Å². The van der Waals surface area contributed by atoms with E-state index in [2.05, 4.69) is 20.8 Å². The maximum atomic E-state index is 13.2. The van der Waals surface area contributed by atoms with Gasteiger partial charge in [0.05, 0.1) is 17.3 Å². The van der Waals surface area contributed by atoms with E-state index in [1.54, 1.807) is 22.5 Å². The van der Waals surface area contributed by atoms with Crippen LogP contribution in [0, 0.1) is 12.8 Å². The Kier molecular flexibility index (Phi) is 6.80. The number of nitrogens with one attached hydrogen (secondary N) is 2. The van der Waals surface area contributed by atoms with E-state index < -0.39 is 21.8 Å². The summed E-state index contributed by atoms with van der Waals surface area (Å²) in [6.45, 7) is 6.96. The Labute approximate surface area is 181 Å². The van der Waals surface area contributed by atoms with Crippen molar-refractivity contribution in [2.24, 2.45) is 5.92 Å². The first-order valence-corrected chi connectivity index (χ1v) is 11.8. The minimum absolute atomic E-state index is 0.0716. The summed E-state index contributed by atoms with van der Waals surface area (Å²) in [6, 6.07) is 0. The van der Waals surface area contributed by atoms with E-state index >= 15 is 0 Å². The van der Waals surface area contributed by atoms with Crippen LogP contribution in [0.1, 0.15) is 42.9 Å². The number of hydrogen-bond acceptors (Lipinski definition) is 6. The van der Waals surface area contributed by atoms with Crippen LogP contribution in [-0.2, 0) is 27.9 Å². The second-order valence-corrected chi connectivity index (χ2v) is 9.36. The zero-order valence-corrected chi connectivity index (χ0v) is 19.1. The van der Waals surface area contributed by atoms with Crippen molar-refractivity contribution in [3.8, 4) is 0 Å². The molecule has 170 valence electrons. The fourth-order valence-corrected chi connectivity index (χ4v) is 5.32. The van der Waals surface area contributed by atoms with Crippen LogP contribution in [0.15, 0.2) is 17.3 Å². The molecule has 3 heterocycles. The summed E-state index contributed by atoms with van der Waals surface area (Å²) >= 11 is 0. The molecule has 31 heavy (non-hydrogen) atoms. The van der Waals surface area contributed by atoms with Gasteiger partial charge in [0.1, 0.15) is 4.90 Å². The first-order valence-electron chi connectivity index (χ1n) is 10.4. The minimum Gasteiger partial charge on any atom is -0.354 e. The Balaban J connectivity index is 1.78. The van der Waals surface area contributed by atoms with Crippen molar-refractivity contribution in [1.29, 1.82) is 0 Å². The van der Waals surface area contributed by atoms with Crippen LogP contribution in [0.3, 0.4) is 0 Å². The summed E-state index contributed by atoms with van der Waals surface area (Å²) in [5, 5.41) is 13.7. The average Bonchev–Trinajstić information content (AvgIpc) is 3.36. The standard InChI is InChI=1S/C19H29N7O4S/c1-5-24-11-15(17(23-24)19(28)20-4)21-18(27)14-8-7-9-26(10-14)31(29,30)16-12-25(6-2)22-13(16)3/h11-12,14H,5-10H2,1-4H3,(H,20,28)(H,21,27)/t14-/m1/s1. The van der Waals surface area contributed by atoms with Crippen LogP contribution in [0.2, 0.25) is 0 Å². The maximum Gasteiger partial charge on any atom is 0.273 e. The molecule has 0 aromatic carbocycles. The number of sulfonamides is 1. The van der Waals surface area contributed by atoms with Crippen molar-refractivity contribution in [3.63, 3.8) is 0 Å². The molecule has 0 aliphatic carbocycles. The van der Waals surface area contributed by atoms with Crippen molar-refractivity contribution in [2.75, 3.05) is 25.5 Å². The molecule has 1 saturated heterocycles. The van der Waals surface area contributed by atoms with Crippen LogP contribution in [0.5, 0.6) is 0 Å². The van der Waals surface area contributed by atoms with Crippen LogP contribution < -0.4 is 10.6 Å². The van der Waals surface area contributed by atoms with Crippen molar-refractivity contribution >= 4 is 27.5 Å². The molecule has 0 bridgehead atoms. The Morgan fingerprint density at radius 3 is 2.45 bits per heavy atom. The fourth-order valence-electron chi connectivity index (χ4n) is 3.62. The highest BCUT2D eigenvalue weighted by Crippen LogP contribution is 2.26. The number of carbonyl (C=O) groups is 2. The van der Waals surface area contributed by atoms with Gasteiger partial charge in [0.2, 0.25) is 15.9 Å². The molecular weight excluding hydrogens is 422 g/mol. The van der Waals surface area contributed by atoms with Gasteiger partial charge in [0.15, 0.2) is 5.69 Å². The summed E-state index contributed by atoms with van der Waals surface area (Å²) in [4.78, 5) is 25.2. The molecule has 2 N–H and O–H groups in total. The number of aromatic nitrogens is 4. The summed E-state index contributed by atoms with van der Waals surface area (Å²) in [7, 11) is -2.27. The fraction of sp³-hybridized carbons (Fsp3) is 0.579. The molecule has 0 saturated carbocycles. The predicted octanol–water partition coefficient (Wildman–Crippen LogP) is 0.827. The third kappa shape index (κ3) is 4.64. The van der Waals surface area contributed by atoms with E-state index in [9.17, 15) is 18.0 Å². The van der Waals surface area contributed by atoms with Crippen LogP contribution in [-0.4, -0.2) is 64.2 Å². The molecule has 1 fully saturated rings. The molecule has 3 rings (SSSR count). The van der Waals surface area contributed by atoms with Gasteiger partial charge < -0.3 is 10.6 Å². The topological polar surface area (TPSA) is 131 Å². The largest absolute Gasteiger partial charge is 0.354 e. The van der Waals surface area contributed by atoms with Gasteiger partial charge in [-0.3, -0.25) is 19.0 Å². The third-order valence-electron chi connectivity index (χ3n) is 5.38. The second-order valence-electron chi connectivity index (χ2n) is 7.45. The number of rotatable bonds is 7. The maximum absolute atomic E-state index is 13.2. The lowest BCUT2D eigenvalue weighted by Gasteiger charge is -2.31. The Bertz CT molecular complexity index is 1070. The molecule has 0 radical (unpaired) electrons. The lowest BCUT2D eigenvalue weighted by atomic mass is 9.99. The molecule has 2 aromatic rings. The van der Waals surface area contributed by atoms with Gasteiger partial charge in [-0.2, -0.15) is 14.5 Å². The highest BCUT2D eigenvalue weighted by atomic mass is 32.2. The monoisotopic (exact) mass is 451 g/mol. The molecule has 1 aliphatic rings. The van der Waals surface area contributed by atoms with E-state index in [-0.39, 0.29) is 23.0 Å². The quantitative estimate of drug-likeness (QED) is 0.641. The summed E-state index contributed by atoms with van der Waals surface area (Å²) in [5.41, 5.74) is 0.877. The number of aryl methyl sites for hydroxylation is 3. The number of hydrogen-bond donors (Lipinski definition) is 2. The molecule has 2 amide bonds. The minimum atomic E-state index is -3.76. The number of anilines is 1. The van der Waals surface area contributed by atoms with E-state index in [1.165, 1.54) is 17.5 Å². The van der Waals surface area contributed by atoms with Gasteiger partial charge >= 0.3 is 0 Å². The van der Waals surface area contributed by atoms with E-state index in [4.69, 9.17) is 0 Å². The number of piperidine rings is 1.